The van der Waals surface area contributed by atoms with E-state index in [1.807, 2.05) is 19.1 Å². The Labute approximate surface area is 155 Å². The maximum Gasteiger partial charge on any atom is 0.258 e. The summed E-state index contributed by atoms with van der Waals surface area (Å²) in [6.45, 7) is 1.86. The van der Waals surface area contributed by atoms with E-state index in [1.165, 1.54) is 13.3 Å². The molecule has 1 aromatic heterocycles. The van der Waals surface area contributed by atoms with E-state index in [4.69, 9.17) is 27.9 Å². The topological polar surface area (TPSA) is 56.1 Å². The third kappa shape index (κ3) is 3.78. The fraction of sp³-hybridized carbons (Fsp3) is 0.111. The van der Waals surface area contributed by atoms with Gasteiger partial charge in [-0.25, -0.2) is 4.68 Å². The van der Waals surface area contributed by atoms with Crippen molar-refractivity contribution >= 4 is 34.8 Å². The number of anilines is 1. The zero-order chi connectivity index (χ0) is 18.0. The van der Waals surface area contributed by atoms with Crippen molar-refractivity contribution in [1.82, 2.24) is 9.78 Å². The predicted molar refractivity (Wildman–Crippen MR) is 99.3 cm³/mol. The van der Waals surface area contributed by atoms with Crippen LogP contribution in [0.1, 0.15) is 15.9 Å². The Hall–Kier alpha value is -2.50. The number of halogens is 2. The highest BCUT2D eigenvalue weighted by molar-refractivity contribution is 6.31. The maximum atomic E-state index is 12.5. The van der Waals surface area contributed by atoms with E-state index in [9.17, 15) is 4.79 Å². The van der Waals surface area contributed by atoms with Gasteiger partial charge in [0.1, 0.15) is 5.75 Å². The van der Waals surface area contributed by atoms with E-state index in [0.29, 0.717) is 27.0 Å². The van der Waals surface area contributed by atoms with Gasteiger partial charge in [-0.15, -0.1) is 0 Å². The lowest BCUT2D eigenvalue weighted by molar-refractivity contribution is 0.102. The SMILES string of the molecule is COc1cc(Cl)c(C)cc1NC(=O)c1cnn(-c2ccc(Cl)cc2)c1. The minimum Gasteiger partial charge on any atom is -0.495 e. The van der Waals surface area contributed by atoms with Crippen LogP contribution < -0.4 is 10.1 Å². The molecule has 0 saturated carbocycles. The molecule has 0 spiro atoms. The van der Waals surface area contributed by atoms with Crippen molar-refractivity contribution in [1.29, 1.82) is 0 Å². The van der Waals surface area contributed by atoms with Gasteiger partial charge in [0, 0.05) is 22.3 Å². The van der Waals surface area contributed by atoms with Gasteiger partial charge in [-0.1, -0.05) is 23.2 Å². The number of benzene rings is 2. The van der Waals surface area contributed by atoms with Crippen LogP contribution in [0.15, 0.2) is 48.8 Å². The molecule has 0 aliphatic carbocycles. The number of aromatic nitrogens is 2. The molecule has 5 nitrogen and oxygen atoms in total. The summed E-state index contributed by atoms with van der Waals surface area (Å²) in [4.78, 5) is 12.5. The molecule has 7 heteroatoms. The van der Waals surface area contributed by atoms with Crippen molar-refractivity contribution in [2.75, 3.05) is 12.4 Å². The van der Waals surface area contributed by atoms with E-state index in [2.05, 4.69) is 10.4 Å². The van der Waals surface area contributed by atoms with Crippen LogP contribution in [0.4, 0.5) is 5.69 Å². The molecule has 128 valence electrons. The van der Waals surface area contributed by atoms with E-state index in [1.54, 1.807) is 35.1 Å². The molecule has 1 amide bonds. The summed E-state index contributed by atoms with van der Waals surface area (Å²) < 4.78 is 6.88. The van der Waals surface area contributed by atoms with Gasteiger partial charge in [0.25, 0.3) is 5.91 Å². The summed E-state index contributed by atoms with van der Waals surface area (Å²) in [6, 6.07) is 10.6. The van der Waals surface area contributed by atoms with Crippen LogP contribution in [0.2, 0.25) is 10.0 Å². The third-order valence-electron chi connectivity index (χ3n) is 3.66. The summed E-state index contributed by atoms with van der Waals surface area (Å²) in [5, 5.41) is 8.25. The van der Waals surface area contributed by atoms with E-state index >= 15 is 0 Å². The van der Waals surface area contributed by atoms with E-state index in [-0.39, 0.29) is 5.91 Å². The molecule has 0 unspecified atom stereocenters. The molecule has 0 fully saturated rings. The Morgan fingerprint density at radius 2 is 1.92 bits per heavy atom. The molecule has 25 heavy (non-hydrogen) atoms. The molecule has 0 saturated heterocycles. The maximum absolute atomic E-state index is 12.5. The van der Waals surface area contributed by atoms with Crippen LogP contribution in [0.3, 0.4) is 0 Å². The average Bonchev–Trinajstić information content (AvgIpc) is 3.08. The fourth-order valence-corrected chi connectivity index (χ4v) is 2.58. The molecule has 3 rings (SSSR count). The number of aryl methyl sites for hydroxylation is 1. The Kier molecular flexibility index (Phi) is 4.97. The molecule has 0 aliphatic rings. The van der Waals surface area contributed by atoms with Gasteiger partial charge < -0.3 is 10.1 Å². The number of amides is 1. The highest BCUT2D eigenvalue weighted by Crippen LogP contribution is 2.31. The fourth-order valence-electron chi connectivity index (χ4n) is 2.30. The summed E-state index contributed by atoms with van der Waals surface area (Å²) >= 11 is 12.0. The second kappa shape index (κ2) is 7.17. The number of carbonyl (C=O) groups excluding carboxylic acids is 1. The molecular weight excluding hydrogens is 361 g/mol. The molecule has 3 aromatic rings. The molecule has 2 aromatic carbocycles. The highest BCUT2D eigenvalue weighted by Gasteiger charge is 2.14. The van der Waals surface area contributed by atoms with Crippen LogP contribution in [0.5, 0.6) is 5.75 Å². The lowest BCUT2D eigenvalue weighted by Crippen LogP contribution is -2.12. The number of ether oxygens (including phenoxy) is 1. The van der Waals surface area contributed by atoms with Crippen LogP contribution in [0, 0.1) is 6.92 Å². The number of carbonyl (C=O) groups is 1. The van der Waals surface area contributed by atoms with Gasteiger partial charge in [-0.05, 0) is 42.8 Å². The molecule has 0 atom stereocenters. The molecule has 1 N–H and O–H groups in total. The van der Waals surface area contributed by atoms with E-state index in [0.717, 1.165) is 11.3 Å². The monoisotopic (exact) mass is 375 g/mol. The van der Waals surface area contributed by atoms with Crippen molar-refractivity contribution in [2.24, 2.45) is 0 Å². The Balaban J connectivity index is 1.83. The molecular formula is C18H15Cl2N3O2. The minimum atomic E-state index is -0.291. The summed E-state index contributed by atoms with van der Waals surface area (Å²) in [5.74, 6) is 0.203. The van der Waals surface area contributed by atoms with Gasteiger partial charge in [-0.3, -0.25) is 4.79 Å². The zero-order valence-corrected chi connectivity index (χ0v) is 15.1. The number of nitrogens with one attached hydrogen (secondary N) is 1. The van der Waals surface area contributed by atoms with Crippen molar-refractivity contribution in [3.63, 3.8) is 0 Å². The van der Waals surface area contributed by atoms with Gasteiger partial charge >= 0.3 is 0 Å². The minimum absolute atomic E-state index is 0.291. The quantitative estimate of drug-likeness (QED) is 0.715. The third-order valence-corrected chi connectivity index (χ3v) is 4.32. The molecule has 1 heterocycles. The van der Waals surface area contributed by atoms with Gasteiger partial charge in [0.2, 0.25) is 0 Å². The second-order valence-electron chi connectivity index (χ2n) is 5.41. The van der Waals surface area contributed by atoms with Gasteiger partial charge in [0.15, 0.2) is 0 Å². The summed E-state index contributed by atoms with van der Waals surface area (Å²) in [6.07, 6.45) is 3.15. The molecule has 0 aliphatic heterocycles. The van der Waals surface area contributed by atoms with Crippen LogP contribution in [0.25, 0.3) is 5.69 Å². The lowest BCUT2D eigenvalue weighted by Gasteiger charge is -2.11. The first-order valence-electron chi connectivity index (χ1n) is 7.44. The van der Waals surface area contributed by atoms with Gasteiger partial charge in [0.05, 0.1) is 30.2 Å². The largest absolute Gasteiger partial charge is 0.495 e. The molecule has 0 bridgehead atoms. The van der Waals surface area contributed by atoms with Crippen molar-refractivity contribution in [2.45, 2.75) is 6.92 Å². The van der Waals surface area contributed by atoms with Crippen LogP contribution >= 0.6 is 23.2 Å². The molecule has 0 radical (unpaired) electrons. The number of hydrogen-bond donors (Lipinski definition) is 1. The number of hydrogen-bond acceptors (Lipinski definition) is 3. The summed E-state index contributed by atoms with van der Waals surface area (Å²) in [5.41, 5.74) is 2.62. The number of methoxy groups -OCH3 is 1. The van der Waals surface area contributed by atoms with Gasteiger partial charge in [-0.2, -0.15) is 5.10 Å². The van der Waals surface area contributed by atoms with Crippen molar-refractivity contribution < 1.29 is 9.53 Å². The zero-order valence-electron chi connectivity index (χ0n) is 13.6. The highest BCUT2D eigenvalue weighted by atomic mass is 35.5. The summed E-state index contributed by atoms with van der Waals surface area (Å²) in [7, 11) is 1.52. The smallest absolute Gasteiger partial charge is 0.258 e. The number of rotatable bonds is 4. The standard InChI is InChI=1S/C18H15Cl2N3O2/c1-11-7-16(17(25-2)8-15(11)20)22-18(24)12-9-21-23(10-12)14-5-3-13(19)4-6-14/h3-10H,1-2H3,(H,22,24). The lowest BCUT2D eigenvalue weighted by atomic mass is 10.2. The van der Waals surface area contributed by atoms with Crippen LogP contribution in [-0.4, -0.2) is 22.8 Å². The first kappa shape index (κ1) is 17.3. The first-order valence-corrected chi connectivity index (χ1v) is 8.19. The van der Waals surface area contributed by atoms with Crippen molar-refractivity contribution in [3.8, 4) is 11.4 Å². The number of nitrogens with zero attached hydrogens (tertiary/aromatic N) is 2. The normalized spacial score (nSPS) is 10.6. The predicted octanol–water partition coefficient (Wildman–Crippen LogP) is 4.75. The average molecular weight is 376 g/mol. The van der Waals surface area contributed by atoms with Crippen LogP contribution in [-0.2, 0) is 0 Å². The Bertz CT molecular complexity index is 921. The van der Waals surface area contributed by atoms with E-state index < -0.39 is 0 Å². The Morgan fingerprint density at radius 1 is 1.20 bits per heavy atom. The second-order valence-corrected chi connectivity index (χ2v) is 6.25. The first-order chi connectivity index (χ1) is 12.0. The Morgan fingerprint density at radius 3 is 2.60 bits per heavy atom. The van der Waals surface area contributed by atoms with Crippen molar-refractivity contribution in [3.05, 3.63) is 70.0 Å².